The maximum absolute atomic E-state index is 14.5. The molecule has 0 aromatic heterocycles. The summed E-state index contributed by atoms with van der Waals surface area (Å²) in [6.07, 6.45) is 2.52. The van der Waals surface area contributed by atoms with Gasteiger partial charge in [0.15, 0.2) is 5.78 Å². The van der Waals surface area contributed by atoms with Gasteiger partial charge < -0.3 is 4.90 Å². The molecule has 1 saturated heterocycles. The second kappa shape index (κ2) is 11.0. The van der Waals surface area contributed by atoms with Crippen molar-refractivity contribution in [2.45, 2.75) is 31.2 Å². The number of Topliss-reactive ketones (excluding diaryl/α,β-unsaturated/α-hetero) is 1. The van der Waals surface area contributed by atoms with Crippen molar-refractivity contribution in [3.8, 4) is 0 Å². The zero-order valence-electron chi connectivity index (χ0n) is 23.5. The third-order valence-electron chi connectivity index (χ3n) is 9.09. The van der Waals surface area contributed by atoms with Crippen molar-refractivity contribution in [1.29, 1.82) is 0 Å². The number of nitrogens with zero attached hydrogens (tertiary/aromatic N) is 2. The summed E-state index contributed by atoms with van der Waals surface area (Å²) in [5.41, 5.74) is 6.49. The molecule has 1 heterocycles. The van der Waals surface area contributed by atoms with Crippen LogP contribution in [0.5, 0.6) is 0 Å². The van der Waals surface area contributed by atoms with Gasteiger partial charge in [-0.3, -0.25) is 9.69 Å². The molecule has 0 amide bonds. The number of carbonyl (C=O) groups is 1. The van der Waals surface area contributed by atoms with Gasteiger partial charge in [-0.15, -0.1) is 0 Å². The van der Waals surface area contributed by atoms with Crippen molar-refractivity contribution in [3.63, 3.8) is 0 Å². The standard InChI is InChI=1S/C38H36N2O/c41-37-33-19-10-18-32-35(40-23-11-22-39(24-25-40)28-31-16-8-3-9-17-31)21-20-34(36(32)33)38(37,26-29-12-4-1-5-13-29)27-30-14-6-2-7-15-30/h1-10,12-21H,11,22-28H2. The minimum atomic E-state index is -0.617. The molecule has 3 nitrogen and oxygen atoms in total. The van der Waals surface area contributed by atoms with Gasteiger partial charge in [-0.1, -0.05) is 115 Å². The molecule has 3 heteroatoms. The zero-order valence-corrected chi connectivity index (χ0v) is 23.5. The van der Waals surface area contributed by atoms with Crippen LogP contribution in [0.25, 0.3) is 10.8 Å². The lowest BCUT2D eigenvalue weighted by atomic mass is 9.71. The number of ketones is 1. The van der Waals surface area contributed by atoms with Crippen LogP contribution in [-0.2, 0) is 24.8 Å². The highest BCUT2D eigenvalue weighted by atomic mass is 16.1. The lowest BCUT2D eigenvalue weighted by Crippen LogP contribution is -2.37. The number of anilines is 1. The molecule has 1 aliphatic heterocycles. The first-order chi connectivity index (χ1) is 20.2. The molecule has 0 unspecified atom stereocenters. The largest absolute Gasteiger partial charge is 0.370 e. The topological polar surface area (TPSA) is 23.6 Å². The molecule has 0 saturated carbocycles. The fraction of sp³-hybridized carbons (Fsp3) is 0.237. The quantitative estimate of drug-likeness (QED) is 0.216. The Kier molecular flexibility index (Phi) is 6.90. The van der Waals surface area contributed by atoms with E-state index in [0.29, 0.717) is 12.8 Å². The second-order valence-corrected chi connectivity index (χ2v) is 11.7. The van der Waals surface area contributed by atoms with Crippen molar-refractivity contribution in [2.24, 2.45) is 0 Å². The highest BCUT2D eigenvalue weighted by molar-refractivity contribution is 6.22. The molecule has 5 aromatic rings. The number of rotatable bonds is 7. The third-order valence-corrected chi connectivity index (χ3v) is 9.09. The summed E-state index contributed by atoms with van der Waals surface area (Å²) in [4.78, 5) is 19.7. The minimum Gasteiger partial charge on any atom is -0.370 e. The zero-order chi connectivity index (χ0) is 27.6. The fourth-order valence-electron chi connectivity index (χ4n) is 7.15. The van der Waals surface area contributed by atoms with Crippen LogP contribution in [0.2, 0.25) is 0 Å². The highest BCUT2D eigenvalue weighted by Gasteiger charge is 2.47. The van der Waals surface area contributed by atoms with Crippen LogP contribution < -0.4 is 4.90 Å². The van der Waals surface area contributed by atoms with Gasteiger partial charge in [-0.2, -0.15) is 0 Å². The molecule has 1 fully saturated rings. The van der Waals surface area contributed by atoms with E-state index >= 15 is 0 Å². The van der Waals surface area contributed by atoms with Gasteiger partial charge in [0.05, 0.1) is 5.41 Å². The number of hydrogen-bond donors (Lipinski definition) is 0. The summed E-state index contributed by atoms with van der Waals surface area (Å²) in [6.45, 7) is 5.13. The predicted molar refractivity (Wildman–Crippen MR) is 169 cm³/mol. The summed E-state index contributed by atoms with van der Waals surface area (Å²) >= 11 is 0. The van der Waals surface area contributed by atoms with Crippen molar-refractivity contribution in [2.75, 3.05) is 31.1 Å². The van der Waals surface area contributed by atoms with E-state index in [1.165, 1.54) is 33.3 Å². The van der Waals surface area contributed by atoms with Gasteiger partial charge in [0.2, 0.25) is 0 Å². The average Bonchev–Trinajstić information content (AvgIpc) is 3.14. The van der Waals surface area contributed by atoms with Crippen LogP contribution in [0.3, 0.4) is 0 Å². The summed E-state index contributed by atoms with van der Waals surface area (Å²) in [5, 5.41) is 2.38. The molecule has 41 heavy (non-hydrogen) atoms. The molecular weight excluding hydrogens is 500 g/mol. The summed E-state index contributed by atoms with van der Waals surface area (Å²) < 4.78 is 0. The van der Waals surface area contributed by atoms with Crippen LogP contribution in [0, 0.1) is 0 Å². The highest BCUT2D eigenvalue weighted by Crippen LogP contribution is 2.48. The van der Waals surface area contributed by atoms with Gasteiger partial charge in [-0.05, 0) is 53.0 Å². The Morgan fingerprint density at radius 3 is 1.88 bits per heavy atom. The van der Waals surface area contributed by atoms with E-state index in [9.17, 15) is 4.79 Å². The molecular formula is C38H36N2O. The maximum atomic E-state index is 14.5. The van der Waals surface area contributed by atoms with Crippen molar-refractivity contribution >= 4 is 22.2 Å². The van der Waals surface area contributed by atoms with Gasteiger partial charge >= 0.3 is 0 Å². The van der Waals surface area contributed by atoms with E-state index in [2.05, 4.69) is 119 Å². The monoisotopic (exact) mass is 536 g/mol. The molecule has 2 aliphatic rings. The normalized spacial score (nSPS) is 16.7. The first kappa shape index (κ1) is 25.7. The smallest absolute Gasteiger partial charge is 0.174 e. The van der Waals surface area contributed by atoms with E-state index in [-0.39, 0.29) is 5.78 Å². The fourth-order valence-corrected chi connectivity index (χ4v) is 7.15. The lowest BCUT2D eigenvalue weighted by molar-refractivity contribution is 0.0892. The Morgan fingerprint density at radius 1 is 0.585 bits per heavy atom. The molecule has 0 atom stereocenters. The maximum Gasteiger partial charge on any atom is 0.174 e. The Bertz CT molecular complexity index is 1620. The van der Waals surface area contributed by atoms with Gasteiger partial charge in [-0.25, -0.2) is 0 Å². The van der Waals surface area contributed by atoms with E-state index in [4.69, 9.17) is 0 Å². The van der Waals surface area contributed by atoms with Crippen LogP contribution in [0.4, 0.5) is 5.69 Å². The van der Waals surface area contributed by atoms with Crippen molar-refractivity contribution in [1.82, 2.24) is 4.90 Å². The number of hydrogen-bond acceptors (Lipinski definition) is 3. The summed E-state index contributed by atoms with van der Waals surface area (Å²) in [5.74, 6) is 0.257. The molecule has 7 rings (SSSR count). The lowest BCUT2D eigenvalue weighted by Gasteiger charge is -2.31. The van der Waals surface area contributed by atoms with E-state index < -0.39 is 5.41 Å². The molecule has 0 N–H and O–H groups in total. The molecule has 1 aliphatic carbocycles. The minimum absolute atomic E-state index is 0.257. The average molecular weight is 537 g/mol. The Morgan fingerprint density at radius 2 is 1.22 bits per heavy atom. The van der Waals surface area contributed by atoms with Crippen LogP contribution in [-0.4, -0.2) is 36.9 Å². The van der Waals surface area contributed by atoms with Crippen LogP contribution in [0.15, 0.2) is 121 Å². The van der Waals surface area contributed by atoms with Gasteiger partial charge in [0.25, 0.3) is 0 Å². The van der Waals surface area contributed by atoms with Crippen LogP contribution >= 0.6 is 0 Å². The van der Waals surface area contributed by atoms with Crippen LogP contribution in [0.1, 0.15) is 39.0 Å². The molecule has 0 radical (unpaired) electrons. The van der Waals surface area contributed by atoms with Crippen molar-refractivity contribution in [3.05, 3.63) is 149 Å². The van der Waals surface area contributed by atoms with E-state index in [0.717, 1.165) is 50.1 Å². The Balaban J connectivity index is 1.26. The number of benzene rings is 5. The first-order valence-corrected chi connectivity index (χ1v) is 14.9. The third kappa shape index (κ3) is 4.85. The second-order valence-electron chi connectivity index (χ2n) is 11.7. The van der Waals surface area contributed by atoms with Gasteiger partial charge in [0.1, 0.15) is 0 Å². The molecule has 0 spiro atoms. The van der Waals surface area contributed by atoms with Crippen molar-refractivity contribution < 1.29 is 4.79 Å². The summed E-state index contributed by atoms with van der Waals surface area (Å²) in [6, 6.07) is 42.8. The van der Waals surface area contributed by atoms with Gasteiger partial charge in [0, 0.05) is 49.4 Å². The molecule has 5 aromatic carbocycles. The Hall–Kier alpha value is -4.21. The predicted octanol–water partition coefficient (Wildman–Crippen LogP) is 7.47. The summed E-state index contributed by atoms with van der Waals surface area (Å²) in [7, 11) is 0. The van der Waals surface area contributed by atoms with E-state index in [1.54, 1.807) is 0 Å². The molecule has 204 valence electrons. The van der Waals surface area contributed by atoms with E-state index in [1.807, 2.05) is 12.1 Å². The first-order valence-electron chi connectivity index (χ1n) is 14.9. The SMILES string of the molecule is O=C1c2cccc3c(N4CCCN(Cc5ccccc5)CC4)ccc(c23)C1(Cc1ccccc1)Cc1ccccc1. The number of carbonyl (C=O) groups excluding carboxylic acids is 1. The Labute approximate surface area is 243 Å². The molecule has 0 bridgehead atoms.